The van der Waals surface area contributed by atoms with Crippen molar-refractivity contribution in [2.24, 2.45) is 5.92 Å². The minimum absolute atomic E-state index is 0.0738. The third kappa shape index (κ3) is 4.80. The van der Waals surface area contributed by atoms with E-state index in [-0.39, 0.29) is 17.6 Å². The first-order chi connectivity index (χ1) is 13.0. The van der Waals surface area contributed by atoms with Gasteiger partial charge < -0.3 is 4.79 Å². The second-order valence-electron chi connectivity index (χ2n) is 7.32. The van der Waals surface area contributed by atoms with Gasteiger partial charge in [-0.2, -0.15) is 0 Å². The SMILES string of the molecule is [CH2]c1cccc([C@H](C2CCCC2)[C@@H](C=O)c2ccc(C[SH](=O)=O)c(Cl)c2)c1. The molecule has 3 rings (SSSR count). The van der Waals surface area contributed by atoms with E-state index in [4.69, 9.17) is 11.6 Å². The summed E-state index contributed by atoms with van der Waals surface area (Å²) in [6, 6.07) is 13.4. The van der Waals surface area contributed by atoms with Crippen molar-refractivity contribution in [2.45, 2.75) is 43.3 Å². The highest BCUT2D eigenvalue weighted by Gasteiger charge is 2.34. The first kappa shape index (κ1) is 20.1. The summed E-state index contributed by atoms with van der Waals surface area (Å²) in [6.07, 6.45) is 5.61. The number of carbonyl (C=O) groups is 1. The van der Waals surface area contributed by atoms with Crippen molar-refractivity contribution >= 4 is 28.6 Å². The number of benzene rings is 2. The van der Waals surface area contributed by atoms with Crippen molar-refractivity contribution in [3.63, 3.8) is 0 Å². The van der Waals surface area contributed by atoms with Gasteiger partial charge in [-0.05, 0) is 54.0 Å². The molecule has 143 valence electrons. The van der Waals surface area contributed by atoms with E-state index in [1.165, 1.54) is 12.8 Å². The van der Waals surface area contributed by atoms with E-state index in [1.807, 2.05) is 18.2 Å². The van der Waals surface area contributed by atoms with Gasteiger partial charge in [0.25, 0.3) is 0 Å². The van der Waals surface area contributed by atoms with Crippen LogP contribution in [0.3, 0.4) is 0 Å². The summed E-state index contributed by atoms with van der Waals surface area (Å²) in [6.45, 7) is 4.03. The van der Waals surface area contributed by atoms with Gasteiger partial charge in [0.2, 0.25) is 0 Å². The van der Waals surface area contributed by atoms with Crippen LogP contribution in [0.2, 0.25) is 5.02 Å². The number of carbonyl (C=O) groups excluding carboxylic acids is 1. The lowest BCUT2D eigenvalue weighted by Crippen LogP contribution is -2.20. The molecular weight excluding hydrogens is 380 g/mol. The zero-order chi connectivity index (χ0) is 19.4. The smallest absolute Gasteiger partial charge is 0.144 e. The lowest BCUT2D eigenvalue weighted by atomic mass is 9.73. The second-order valence-corrected chi connectivity index (χ2v) is 8.71. The second kappa shape index (κ2) is 9.03. The van der Waals surface area contributed by atoms with E-state index in [2.05, 4.69) is 19.1 Å². The maximum absolute atomic E-state index is 12.2. The molecular formula is C22H24ClO3S. The van der Waals surface area contributed by atoms with Crippen LogP contribution in [0.4, 0.5) is 0 Å². The average molecular weight is 404 g/mol. The molecule has 0 unspecified atom stereocenters. The van der Waals surface area contributed by atoms with Gasteiger partial charge in [-0.3, -0.25) is 0 Å². The predicted octanol–water partition coefficient (Wildman–Crippen LogP) is 4.89. The zero-order valence-electron chi connectivity index (χ0n) is 15.1. The van der Waals surface area contributed by atoms with Crippen LogP contribution in [0.25, 0.3) is 0 Å². The Labute approximate surface area is 167 Å². The van der Waals surface area contributed by atoms with E-state index in [1.54, 1.807) is 12.1 Å². The minimum Gasteiger partial charge on any atom is -0.303 e. The normalized spacial score (nSPS) is 17.1. The first-order valence-electron chi connectivity index (χ1n) is 9.27. The van der Waals surface area contributed by atoms with Crippen molar-refractivity contribution in [3.8, 4) is 0 Å². The van der Waals surface area contributed by atoms with Crippen molar-refractivity contribution < 1.29 is 13.2 Å². The lowest BCUT2D eigenvalue weighted by molar-refractivity contribution is -0.109. The van der Waals surface area contributed by atoms with Gasteiger partial charge in [0.15, 0.2) is 0 Å². The Morgan fingerprint density at radius 2 is 1.85 bits per heavy atom. The fourth-order valence-electron chi connectivity index (χ4n) is 4.30. The molecule has 5 heteroatoms. The van der Waals surface area contributed by atoms with Crippen LogP contribution in [0, 0.1) is 12.8 Å². The topological polar surface area (TPSA) is 51.2 Å². The molecule has 0 spiro atoms. The Balaban J connectivity index is 2.01. The number of hydrogen-bond acceptors (Lipinski definition) is 3. The quantitative estimate of drug-likeness (QED) is 0.529. The van der Waals surface area contributed by atoms with Crippen molar-refractivity contribution in [3.05, 3.63) is 76.7 Å². The molecule has 0 aromatic heterocycles. The third-order valence-corrected chi connectivity index (χ3v) is 6.49. The molecule has 2 aromatic carbocycles. The number of thiol groups is 1. The van der Waals surface area contributed by atoms with Gasteiger partial charge in [-0.1, -0.05) is 60.8 Å². The molecule has 0 bridgehead atoms. The highest BCUT2D eigenvalue weighted by atomic mass is 35.5. The first-order valence-corrected chi connectivity index (χ1v) is 11.0. The summed E-state index contributed by atoms with van der Waals surface area (Å²) in [5.74, 6) is 0.110. The molecule has 27 heavy (non-hydrogen) atoms. The molecule has 0 saturated heterocycles. The summed E-state index contributed by atoms with van der Waals surface area (Å²) in [4.78, 5) is 12.2. The Hall–Kier alpha value is -1.65. The highest BCUT2D eigenvalue weighted by Crippen LogP contribution is 2.45. The van der Waals surface area contributed by atoms with Crippen LogP contribution in [0.5, 0.6) is 0 Å². The summed E-state index contributed by atoms with van der Waals surface area (Å²) >= 11 is 6.32. The van der Waals surface area contributed by atoms with Crippen molar-refractivity contribution in [1.29, 1.82) is 0 Å². The number of aldehydes is 1. The van der Waals surface area contributed by atoms with Crippen LogP contribution in [0.15, 0.2) is 42.5 Å². The molecule has 0 amide bonds. The summed E-state index contributed by atoms with van der Waals surface area (Å²) in [5.41, 5.74) is 3.48. The molecule has 3 nitrogen and oxygen atoms in total. The van der Waals surface area contributed by atoms with Crippen LogP contribution in [-0.4, -0.2) is 14.7 Å². The Morgan fingerprint density at radius 1 is 1.11 bits per heavy atom. The monoisotopic (exact) mass is 403 g/mol. The van der Waals surface area contributed by atoms with E-state index < -0.39 is 10.7 Å². The van der Waals surface area contributed by atoms with E-state index in [0.717, 1.165) is 35.8 Å². The summed E-state index contributed by atoms with van der Waals surface area (Å²) in [7, 11) is -2.54. The molecule has 1 fully saturated rings. The summed E-state index contributed by atoms with van der Waals surface area (Å²) in [5, 5.41) is 0.398. The number of rotatable bonds is 7. The van der Waals surface area contributed by atoms with Crippen LogP contribution < -0.4 is 0 Å². The van der Waals surface area contributed by atoms with Gasteiger partial charge in [0.05, 0.1) is 5.75 Å². The van der Waals surface area contributed by atoms with Crippen LogP contribution in [0.1, 0.15) is 59.8 Å². The molecule has 1 radical (unpaired) electrons. The fraction of sp³-hybridized carbons (Fsp3) is 0.364. The molecule has 1 aliphatic carbocycles. The standard InChI is InChI=1S/C22H24ClO3S/c1-15-5-4-8-18(11-15)22(16-6-2-3-7-16)20(13-24)17-9-10-19(14-27(25)26)21(23)12-17/h4-5,8-13,16,20,22,27H,1-3,6-7,14H2/t20-,22-/m0/s1. The van der Waals surface area contributed by atoms with E-state index >= 15 is 0 Å². The molecule has 0 N–H and O–H groups in total. The molecule has 1 aliphatic rings. The van der Waals surface area contributed by atoms with Crippen molar-refractivity contribution in [2.75, 3.05) is 0 Å². The Morgan fingerprint density at radius 3 is 2.44 bits per heavy atom. The third-order valence-electron chi connectivity index (χ3n) is 5.54. The maximum atomic E-state index is 12.2. The van der Waals surface area contributed by atoms with Gasteiger partial charge in [0, 0.05) is 16.9 Å². The van der Waals surface area contributed by atoms with Gasteiger partial charge in [-0.25, -0.2) is 8.42 Å². The zero-order valence-corrected chi connectivity index (χ0v) is 16.8. The van der Waals surface area contributed by atoms with Crippen LogP contribution >= 0.6 is 11.6 Å². The summed E-state index contributed by atoms with van der Waals surface area (Å²) < 4.78 is 22.0. The molecule has 1 saturated carbocycles. The van der Waals surface area contributed by atoms with Gasteiger partial charge in [-0.15, -0.1) is 0 Å². The minimum atomic E-state index is -2.54. The van der Waals surface area contributed by atoms with Gasteiger partial charge >= 0.3 is 0 Å². The Bertz CT molecular complexity index is 877. The highest BCUT2D eigenvalue weighted by molar-refractivity contribution is 7.71. The molecule has 0 heterocycles. The number of hydrogen-bond donors (Lipinski definition) is 1. The van der Waals surface area contributed by atoms with Gasteiger partial charge in [0.1, 0.15) is 17.0 Å². The molecule has 2 aromatic rings. The molecule has 2 atom stereocenters. The van der Waals surface area contributed by atoms with E-state index in [9.17, 15) is 13.2 Å². The lowest BCUT2D eigenvalue weighted by Gasteiger charge is -2.30. The molecule has 0 aliphatic heterocycles. The fourth-order valence-corrected chi connectivity index (χ4v) is 5.20. The maximum Gasteiger partial charge on any atom is 0.144 e. The average Bonchev–Trinajstić information content (AvgIpc) is 3.15. The largest absolute Gasteiger partial charge is 0.303 e. The van der Waals surface area contributed by atoms with Crippen LogP contribution in [-0.2, 0) is 21.3 Å². The van der Waals surface area contributed by atoms with Crippen molar-refractivity contribution in [1.82, 2.24) is 0 Å². The Kier molecular flexibility index (Phi) is 6.72. The van der Waals surface area contributed by atoms with E-state index in [0.29, 0.717) is 16.5 Å². The predicted molar refractivity (Wildman–Crippen MR) is 110 cm³/mol. The number of halogens is 1.